The normalized spacial score (nSPS) is 11.5. The maximum Gasteiger partial charge on any atom is 0.208 e. The number of para-hydroxylation sites is 1. The molecule has 0 unspecified atom stereocenters. The van der Waals surface area contributed by atoms with E-state index in [0.717, 1.165) is 16.5 Å². The lowest BCUT2D eigenvalue weighted by Gasteiger charge is -2.13. The van der Waals surface area contributed by atoms with Crippen molar-refractivity contribution in [1.82, 2.24) is 4.98 Å². The summed E-state index contributed by atoms with van der Waals surface area (Å²) in [6.45, 7) is 0. The topological polar surface area (TPSA) is 47.0 Å². The van der Waals surface area contributed by atoms with Crippen LogP contribution in [0, 0.1) is 0 Å². The highest BCUT2D eigenvalue weighted by Gasteiger charge is 2.24. The van der Waals surface area contributed by atoms with Gasteiger partial charge in [0.15, 0.2) is 0 Å². The van der Waals surface area contributed by atoms with Crippen LogP contribution in [0.25, 0.3) is 22.0 Å². The molecule has 0 aliphatic carbocycles. The van der Waals surface area contributed by atoms with Gasteiger partial charge in [0.1, 0.15) is 0 Å². The molecule has 3 aromatic carbocycles. The first-order chi connectivity index (χ1) is 12.2. The van der Waals surface area contributed by atoms with Crippen molar-refractivity contribution in [1.29, 1.82) is 0 Å². The van der Waals surface area contributed by atoms with E-state index >= 15 is 0 Å². The van der Waals surface area contributed by atoms with E-state index in [1.807, 2.05) is 54.6 Å². The second-order valence-electron chi connectivity index (χ2n) is 5.70. The van der Waals surface area contributed by atoms with Crippen molar-refractivity contribution < 1.29 is 8.42 Å². The van der Waals surface area contributed by atoms with Crippen molar-refractivity contribution in [2.24, 2.45) is 0 Å². The zero-order chi connectivity index (χ0) is 17.3. The fourth-order valence-electron chi connectivity index (χ4n) is 2.96. The van der Waals surface area contributed by atoms with Crippen LogP contribution in [0.1, 0.15) is 0 Å². The molecule has 0 saturated heterocycles. The van der Waals surface area contributed by atoms with Gasteiger partial charge in [0.05, 0.1) is 15.3 Å². The number of benzene rings is 3. The number of hydrogen-bond acceptors (Lipinski definition) is 3. The lowest BCUT2D eigenvalue weighted by molar-refractivity contribution is 0.596. The minimum atomic E-state index is -3.67. The van der Waals surface area contributed by atoms with Crippen LogP contribution in [0.5, 0.6) is 0 Å². The summed E-state index contributed by atoms with van der Waals surface area (Å²) in [6.07, 6.45) is 1.47. The molecular weight excluding hydrogens is 330 g/mol. The van der Waals surface area contributed by atoms with E-state index in [2.05, 4.69) is 4.98 Å². The molecule has 0 aliphatic rings. The van der Waals surface area contributed by atoms with Gasteiger partial charge in [-0.3, -0.25) is 4.98 Å². The SMILES string of the molecule is O=S(=O)(c1ccccc1)c1cnc2ccccc2c1-c1ccccc1. The summed E-state index contributed by atoms with van der Waals surface area (Å²) in [5, 5.41) is 0.825. The van der Waals surface area contributed by atoms with Crippen molar-refractivity contribution in [2.45, 2.75) is 9.79 Å². The maximum absolute atomic E-state index is 13.2. The zero-order valence-electron chi connectivity index (χ0n) is 13.3. The summed E-state index contributed by atoms with van der Waals surface area (Å²) in [5.41, 5.74) is 2.32. The highest BCUT2D eigenvalue weighted by molar-refractivity contribution is 7.91. The average molecular weight is 345 g/mol. The molecule has 122 valence electrons. The molecule has 0 bridgehead atoms. The summed E-state index contributed by atoms with van der Waals surface area (Å²) < 4.78 is 26.5. The monoisotopic (exact) mass is 345 g/mol. The number of aromatic nitrogens is 1. The van der Waals surface area contributed by atoms with E-state index in [1.165, 1.54) is 6.20 Å². The van der Waals surface area contributed by atoms with Gasteiger partial charge in [-0.25, -0.2) is 8.42 Å². The van der Waals surface area contributed by atoms with Crippen LogP contribution in [0.3, 0.4) is 0 Å². The fourth-order valence-corrected chi connectivity index (χ4v) is 4.41. The Morgan fingerprint density at radius 3 is 2.00 bits per heavy atom. The number of pyridine rings is 1. The smallest absolute Gasteiger partial charge is 0.208 e. The van der Waals surface area contributed by atoms with Gasteiger partial charge in [0, 0.05) is 17.1 Å². The minimum absolute atomic E-state index is 0.226. The second kappa shape index (κ2) is 6.15. The van der Waals surface area contributed by atoms with Gasteiger partial charge in [0.25, 0.3) is 0 Å². The van der Waals surface area contributed by atoms with Gasteiger partial charge >= 0.3 is 0 Å². The number of sulfone groups is 1. The van der Waals surface area contributed by atoms with Crippen LogP contribution in [0.2, 0.25) is 0 Å². The van der Waals surface area contributed by atoms with Gasteiger partial charge in [-0.1, -0.05) is 66.7 Å². The van der Waals surface area contributed by atoms with Crippen molar-refractivity contribution in [3.05, 3.63) is 91.1 Å². The van der Waals surface area contributed by atoms with Gasteiger partial charge in [0.2, 0.25) is 9.84 Å². The van der Waals surface area contributed by atoms with Crippen molar-refractivity contribution >= 4 is 20.7 Å². The first kappa shape index (κ1) is 15.5. The molecule has 0 atom stereocenters. The number of fused-ring (bicyclic) bond motifs is 1. The van der Waals surface area contributed by atoms with E-state index in [1.54, 1.807) is 30.3 Å². The highest BCUT2D eigenvalue weighted by atomic mass is 32.2. The quantitative estimate of drug-likeness (QED) is 0.539. The Kier molecular flexibility index (Phi) is 3.82. The Labute approximate surface area is 146 Å². The first-order valence-electron chi connectivity index (χ1n) is 7.91. The molecule has 0 N–H and O–H groups in total. The van der Waals surface area contributed by atoms with Crippen LogP contribution in [0.15, 0.2) is 101 Å². The predicted octanol–water partition coefficient (Wildman–Crippen LogP) is 4.73. The molecule has 3 nitrogen and oxygen atoms in total. The molecule has 25 heavy (non-hydrogen) atoms. The van der Waals surface area contributed by atoms with Crippen molar-refractivity contribution in [3.63, 3.8) is 0 Å². The Morgan fingerprint density at radius 1 is 0.680 bits per heavy atom. The summed E-state index contributed by atoms with van der Waals surface area (Å²) in [4.78, 5) is 4.87. The van der Waals surface area contributed by atoms with Crippen LogP contribution in [-0.4, -0.2) is 13.4 Å². The van der Waals surface area contributed by atoms with E-state index in [-0.39, 0.29) is 9.79 Å². The zero-order valence-corrected chi connectivity index (χ0v) is 14.1. The molecule has 1 heterocycles. The van der Waals surface area contributed by atoms with E-state index in [4.69, 9.17) is 0 Å². The van der Waals surface area contributed by atoms with Crippen molar-refractivity contribution in [2.75, 3.05) is 0 Å². The molecule has 4 heteroatoms. The lowest BCUT2D eigenvalue weighted by atomic mass is 10.0. The van der Waals surface area contributed by atoms with Crippen LogP contribution >= 0.6 is 0 Å². The fraction of sp³-hybridized carbons (Fsp3) is 0. The number of rotatable bonds is 3. The van der Waals surface area contributed by atoms with E-state index in [9.17, 15) is 8.42 Å². The average Bonchev–Trinajstić information content (AvgIpc) is 2.68. The highest BCUT2D eigenvalue weighted by Crippen LogP contribution is 2.36. The van der Waals surface area contributed by atoms with Gasteiger partial charge in [-0.05, 0) is 23.8 Å². The van der Waals surface area contributed by atoms with Crippen LogP contribution in [0.4, 0.5) is 0 Å². The number of hydrogen-bond donors (Lipinski definition) is 0. The molecule has 4 rings (SSSR count). The third kappa shape index (κ3) is 2.71. The molecule has 0 fully saturated rings. The molecule has 0 spiro atoms. The summed E-state index contributed by atoms with van der Waals surface area (Å²) >= 11 is 0. The third-order valence-electron chi connectivity index (χ3n) is 4.15. The molecule has 0 aliphatic heterocycles. The third-order valence-corrected chi connectivity index (χ3v) is 5.93. The molecule has 0 saturated carbocycles. The summed E-state index contributed by atoms with van der Waals surface area (Å²) in [5.74, 6) is 0. The van der Waals surface area contributed by atoms with E-state index in [0.29, 0.717) is 5.56 Å². The van der Waals surface area contributed by atoms with Crippen LogP contribution < -0.4 is 0 Å². The standard InChI is InChI=1S/C21H15NO2S/c23-25(24,17-11-5-2-6-12-17)20-15-22-19-14-8-7-13-18(19)21(20)16-9-3-1-4-10-16/h1-15H. The summed E-state index contributed by atoms with van der Waals surface area (Å²) in [7, 11) is -3.67. The molecular formula is C21H15NO2S. The Balaban J connectivity index is 2.09. The molecule has 4 aromatic rings. The Morgan fingerprint density at radius 2 is 1.28 bits per heavy atom. The second-order valence-corrected chi connectivity index (χ2v) is 7.62. The predicted molar refractivity (Wildman–Crippen MR) is 99.1 cm³/mol. The minimum Gasteiger partial charge on any atom is -0.255 e. The lowest BCUT2D eigenvalue weighted by Crippen LogP contribution is -2.05. The Bertz CT molecular complexity index is 1140. The van der Waals surface area contributed by atoms with Crippen molar-refractivity contribution in [3.8, 4) is 11.1 Å². The van der Waals surface area contributed by atoms with Gasteiger partial charge in [-0.2, -0.15) is 0 Å². The largest absolute Gasteiger partial charge is 0.255 e. The molecule has 0 amide bonds. The van der Waals surface area contributed by atoms with Gasteiger partial charge < -0.3 is 0 Å². The van der Waals surface area contributed by atoms with E-state index < -0.39 is 9.84 Å². The summed E-state index contributed by atoms with van der Waals surface area (Å²) in [6, 6.07) is 25.6. The number of nitrogens with zero attached hydrogens (tertiary/aromatic N) is 1. The Hall–Kier alpha value is -2.98. The first-order valence-corrected chi connectivity index (χ1v) is 9.39. The van der Waals surface area contributed by atoms with Gasteiger partial charge in [-0.15, -0.1) is 0 Å². The van der Waals surface area contributed by atoms with Crippen LogP contribution in [-0.2, 0) is 9.84 Å². The molecule has 0 radical (unpaired) electrons. The maximum atomic E-state index is 13.2. The molecule has 1 aromatic heterocycles.